The molecule has 84 valence electrons. The van der Waals surface area contributed by atoms with Crippen LogP contribution < -0.4 is 5.32 Å². The number of carbonyl (C=O) groups excluding carboxylic acids is 2. The number of thioether (sulfide) groups is 1. The first-order valence-electron chi connectivity index (χ1n) is 4.85. The predicted molar refractivity (Wildman–Crippen MR) is 64.3 cm³/mol. The highest BCUT2D eigenvalue weighted by atomic mass is 35.5. The number of benzene rings is 1. The monoisotopic (exact) mass is 255 g/mol. The summed E-state index contributed by atoms with van der Waals surface area (Å²) in [6.07, 6.45) is 0. The lowest BCUT2D eigenvalue weighted by Gasteiger charge is -2.06. The number of fused-ring (bicyclic) bond motifs is 1. The van der Waals surface area contributed by atoms with Crippen LogP contribution in [0.3, 0.4) is 0 Å². The van der Waals surface area contributed by atoms with E-state index in [2.05, 4.69) is 5.32 Å². The van der Waals surface area contributed by atoms with Gasteiger partial charge in [0.25, 0.3) is 11.8 Å². The van der Waals surface area contributed by atoms with Gasteiger partial charge in [0.05, 0.1) is 11.1 Å². The largest absolute Gasteiger partial charge is 0.288 e. The predicted octanol–water partition coefficient (Wildman–Crippen LogP) is 2.29. The Morgan fingerprint density at radius 2 is 2.12 bits per heavy atom. The van der Waals surface area contributed by atoms with E-state index in [0.717, 1.165) is 4.90 Å². The molecule has 0 fully saturated rings. The summed E-state index contributed by atoms with van der Waals surface area (Å²) in [5.41, 5.74) is 0.937. The van der Waals surface area contributed by atoms with Gasteiger partial charge in [-0.25, -0.2) is 0 Å². The van der Waals surface area contributed by atoms with Crippen molar-refractivity contribution in [2.45, 2.75) is 17.2 Å². The minimum absolute atomic E-state index is 0.0287. The molecule has 1 aromatic carbocycles. The molecule has 1 N–H and O–H groups in total. The molecule has 0 radical (unpaired) electrons. The van der Waals surface area contributed by atoms with E-state index in [9.17, 15) is 9.59 Å². The second-order valence-corrected chi connectivity index (χ2v) is 5.36. The van der Waals surface area contributed by atoms with Crippen molar-refractivity contribution in [1.29, 1.82) is 0 Å². The molecular formula is C11H10ClNO2S. The summed E-state index contributed by atoms with van der Waals surface area (Å²) in [5, 5.41) is 2.31. The van der Waals surface area contributed by atoms with Crippen LogP contribution in [0.4, 0.5) is 0 Å². The maximum absolute atomic E-state index is 11.6. The third-order valence-electron chi connectivity index (χ3n) is 2.19. The van der Waals surface area contributed by atoms with E-state index in [4.69, 9.17) is 11.6 Å². The first kappa shape index (κ1) is 11.5. The van der Waals surface area contributed by atoms with Crippen molar-refractivity contribution in [1.82, 2.24) is 5.32 Å². The second-order valence-electron chi connectivity index (χ2n) is 3.55. The number of rotatable bonds is 3. The summed E-state index contributed by atoms with van der Waals surface area (Å²) >= 11 is 7.35. The molecule has 1 aromatic rings. The summed E-state index contributed by atoms with van der Waals surface area (Å²) in [6, 6.07) is 5.27. The minimum Gasteiger partial charge on any atom is -0.288 e. The highest BCUT2D eigenvalue weighted by Gasteiger charge is 2.29. The number of halogens is 1. The second kappa shape index (κ2) is 4.47. The molecule has 1 heterocycles. The van der Waals surface area contributed by atoms with Crippen LogP contribution in [0.2, 0.25) is 0 Å². The number of alkyl halides is 1. The third kappa shape index (κ3) is 2.08. The van der Waals surface area contributed by atoms with E-state index in [1.165, 1.54) is 11.8 Å². The van der Waals surface area contributed by atoms with Crippen LogP contribution in [0.5, 0.6) is 0 Å². The van der Waals surface area contributed by atoms with Gasteiger partial charge in [-0.2, -0.15) is 0 Å². The van der Waals surface area contributed by atoms with E-state index in [0.29, 0.717) is 16.9 Å². The Morgan fingerprint density at radius 3 is 2.81 bits per heavy atom. The van der Waals surface area contributed by atoms with Crippen molar-refractivity contribution in [2.75, 3.05) is 5.75 Å². The average molecular weight is 256 g/mol. The van der Waals surface area contributed by atoms with E-state index in [1.807, 2.05) is 13.0 Å². The maximum atomic E-state index is 11.6. The lowest BCUT2D eigenvalue weighted by molar-refractivity contribution is 0.0879. The Hall–Kier alpha value is -1.00. The van der Waals surface area contributed by atoms with Crippen molar-refractivity contribution in [2.24, 2.45) is 0 Å². The van der Waals surface area contributed by atoms with Crippen LogP contribution in [0, 0.1) is 0 Å². The topological polar surface area (TPSA) is 46.2 Å². The number of amides is 2. The SMILES string of the molecule is CC(Cl)CSc1cccc2c1C(=O)NC2=O. The molecule has 0 bridgehead atoms. The lowest BCUT2D eigenvalue weighted by atomic mass is 10.1. The van der Waals surface area contributed by atoms with Gasteiger partial charge in [-0.1, -0.05) is 6.07 Å². The maximum Gasteiger partial charge on any atom is 0.260 e. The van der Waals surface area contributed by atoms with Gasteiger partial charge in [0.15, 0.2) is 0 Å². The summed E-state index contributed by atoms with van der Waals surface area (Å²) in [6.45, 7) is 1.89. The van der Waals surface area contributed by atoms with Crippen LogP contribution in [-0.4, -0.2) is 22.9 Å². The zero-order valence-electron chi connectivity index (χ0n) is 8.62. The molecule has 3 nitrogen and oxygen atoms in total. The fraction of sp³-hybridized carbons (Fsp3) is 0.273. The molecule has 0 aliphatic carbocycles. The fourth-order valence-electron chi connectivity index (χ4n) is 1.51. The van der Waals surface area contributed by atoms with Gasteiger partial charge in [0.2, 0.25) is 0 Å². The molecule has 0 spiro atoms. The first-order chi connectivity index (χ1) is 7.59. The number of imide groups is 1. The standard InChI is InChI=1S/C11H10ClNO2S/c1-6(12)5-16-8-4-2-3-7-9(8)11(15)13-10(7)14/h2-4,6H,5H2,1H3,(H,13,14,15). The zero-order chi connectivity index (χ0) is 11.7. The van der Waals surface area contributed by atoms with E-state index >= 15 is 0 Å². The van der Waals surface area contributed by atoms with E-state index in [1.54, 1.807) is 12.1 Å². The van der Waals surface area contributed by atoms with Gasteiger partial charge in [-0.15, -0.1) is 23.4 Å². The molecule has 16 heavy (non-hydrogen) atoms. The van der Waals surface area contributed by atoms with Crippen LogP contribution in [0.25, 0.3) is 0 Å². The van der Waals surface area contributed by atoms with E-state index in [-0.39, 0.29) is 17.2 Å². The summed E-state index contributed by atoms with van der Waals surface area (Å²) < 4.78 is 0. The molecule has 1 aliphatic rings. The molecule has 0 saturated carbocycles. The van der Waals surface area contributed by atoms with E-state index < -0.39 is 0 Å². The molecule has 5 heteroatoms. The summed E-state index contributed by atoms with van der Waals surface area (Å²) in [5.74, 6) is 0.0751. The van der Waals surface area contributed by atoms with Crippen molar-refractivity contribution < 1.29 is 9.59 Å². The van der Waals surface area contributed by atoms with Gasteiger partial charge >= 0.3 is 0 Å². The van der Waals surface area contributed by atoms with Crippen LogP contribution >= 0.6 is 23.4 Å². The van der Waals surface area contributed by atoms with Crippen LogP contribution in [0.15, 0.2) is 23.1 Å². The lowest BCUT2D eigenvalue weighted by Crippen LogP contribution is -2.20. The fourth-order valence-corrected chi connectivity index (χ4v) is 2.63. The molecule has 0 saturated heterocycles. The Kier molecular flexibility index (Phi) is 3.21. The zero-order valence-corrected chi connectivity index (χ0v) is 10.2. The van der Waals surface area contributed by atoms with Crippen LogP contribution in [-0.2, 0) is 0 Å². The van der Waals surface area contributed by atoms with Crippen molar-refractivity contribution in [3.8, 4) is 0 Å². The molecule has 2 rings (SSSR count). The highest BCUT2D eigenvalue weighted by Crippen LogP contribution is 2.29. The molecule has 1 aliphatic heterocycles. The number of hydrogen-bond donors (Lipinski definition) is 1. The molecule has 2 amide bonds. The van der Waals surface area contributed by atoms with Crippen LogP contribution in [0.1, 0.15) is 27.6 Å². The quantitative estimate of drug-likeness (QED) is 0.512. The number of carbonyl (C=O) groups is 2. The summed E-state index contributed by atoms with van der Waals surface area (Å²) in [7, 11) is 0. The summed E-state index contributed by atoms with van der Waals surface area (Å²) in [4.78, 5) is 23.8. The number of nitrogens with one attached hydrogen (secondary N) is 1. The highest BCUT2D eigenvalue weighted by molar-refractivity contribution is 7.99. The molecule has 1 unspecified atom stereocenters. The number of hydrogen-bond acceptors (Lipinski definition) is 3. The molecular weight excluding hydrogens is 246 g/mol. The Bertz CT molecular complexity index is 459. The Morgan fingerprint density at radius 1 is 1.38 bits per heavy atom. The van der Waals surface area contributed by atoms with Crippen molar-refractivity contribution in [3.63, 3.8) is 0 Å². The van der Waals surface area contributed by atoms with Crippen molar-refractivity contribution in [3.05, 3.63) is 29.3 Å². The van der Waals surface area contributed by atoms with Gasteiger partial charge in [0.1, 0.15) is 0 Å². The first-order valence-corrected chi connectivity index (χ1v) is 6.27. The van der Waals surface area contributed by atoms with Gasteiger partial charge in [-0.3, -0.25) is 14.9 Å². The normalized spacial score (nSPS) is 15.9. The molecule has 0 aromatic heterocycles. The minimum atomic E-state index is -0.318. The smallest absolute Gasteiger partial charge is 0.260 e. The van der Waals surface area contributed by atoms with Gasteiger partial charge in [0, 0.05) is 16.0 Å². The molecule has 1 atom stereocenters. The van der Waals surface area contributed by atoms with Gasteiger partial charge < -0.3 is 0 Å². The third-order valence-corrected chi connectivity index (χ3v) is 3.85. The average Bonchev–Trinajstić information content (AvgIpc) is 2.52. The Labute approximate surface area is 103 Å². The van der Waals surface area contributed by atoms with Crippen molar-refractivity contribution >= 4 is 35.2 Å². The van der Waals surface area contributed by atoms with Gasteiger partial charge in [-0.05, 0) is 19.1 Å². The Balaban J connectivity index is 2.34.